The molecule has 1 unspecified atom stereocenters. The van der Waals surface area contributed by atoms with Crippen molar-refractivity contribution in [3.63, 3.8) is 0 Å². The highest BCUT2D eigenvalue weighted by molar-refractivity contribution is 5.95. The van der Waals surface area contributed by atoms with Crippen LogP contribution in [0.2, 0.25) is 0 Å². The molecular formula is C21H22N2O3. The quantitative estimate of drug-likeness (QED) is 0.691. The zero-order valence-electron chi connectivity index (χ0n) is 14.9. The summed E-state index contributed by atoms with van der Waals surface area (Å²) in [4.78, 5) is 18.6. The summed E-state index contributed by atoms with van der Waals surface area (Å²) in [6.07, 6.45) is 3.11. The van der Waals surface area contributed by atoms with Gasteiger partial charge in [-0.3, -0.25) is 4.79 Å². The zero-order chi connectivity index (χ0) is 18.5. The maximum Gasteiger partial charge on any atom is 0.255 e. The van der Waals surface area contributed by atoms with Crippen LogP contribution in [0.3, 0.4) is 0 Å². The Morgan fingerprint density at radius 1 is 1.19 bits per heavy atom. The Bertz CT molecular complexity index is 874. The van der Waals surface area contributed by atoms with Gasteiger partial charge in [-0.25, -0.2) is 4.98 Å². The first-order chi connectivity index (χ1) is 12.6. The first-order valence-electron chi connectivity index (χ1n) is 8.52. The molecule has 0 saturated carbocycles. The van der Waals surface area contributed by atoms with Gasteiger partial charge in [0, 0.05) is 12.1 Å². The number of amides is 1. The van der Waals surface area contributed by atoms with Gasteiger partial charge >= 0.3 is 0 Å². The number of hydrogen-bond acceptors (Lipinski definition) is 4. The number of nitrogens with zero attached hydrogens (tertiary/aromatic N) is 2. The predicted molar refractivity (Wildman–Crippen MR) is 98.8 cm³/mol. The number of aromatic nitrogens is 1. The smallest absolute Gasteiger partial charge is 0.255 e. The number of aryl methyl sites for hydroxylation is 2. The van der Waals surface area contributed by atoms with E-state index in [0.29, 0.717) is 11.5 Å². The van der Waals surface area contributed by atoms with E-state index in [-0.39, 0.29) is 25.1 Å². The highest BCUT2D eigenvalue weighted by Gasteiger charge is 2.25. The minimum Gasteiger partial charge on any atom is -0.448 e. The van der Waals surface area contributed by atoms with Gasteiger partial charge in [-0.2, -0.15) is 0 Å². The van der Waals surface area contributed by atoms with Gasteiger partial charge in [-0.15, -0.1) is 0 Å². The monoisotopic (exact) mass is 350 g/mol. The van der Waals surface area contributed by atoms with Crippen LogP contribution in [-0.2, 0) is 0 Å². The van der Waals surface area contributed by atoms with Crippen LogP contribution in [0.15, 0.2) is 65.4 Å². The molecular weight excluding hydrogens is 328 g/mol. The van der Waals surface area contributed by atoms with E-state index < -0.39 is 0 Å². The van der Waals surface area contributed by atoms with E-state index in [0.717, 1.165) is 16.7 Å². The van der Waals surface area contributed by atoms with Crippen LogP contribution in [0.4, 0.5) is 0 Å². The van der Waals surface area contributed by atoms with E-state index in [2.05, 4.69) is 4.98 Å². The molecule has 3 rings (SSSR count). The Morgan fingerprint density at radius 3 is 2.65 bits per heavy atom. The molecule has 26 heavy (non-hydrogen) atoms. The Morgan fingerprint density at radius 2 is 2.00 bits per heavy atom. The average Bonchev–Trinajstić information content (AvgIpc) is 3.17. The maximum atomic E-state index is 12.9. The number of aliphatic hydroxyl groups is 1. The van der Waals surface area contributed by atoms with Gasteiger partial charge in [0.15, 0.2) is 0 Å². The molecule has 1 amide bonds. The van der Waals surface area contributed by atoms with Crippen molar-refractivity contribution in [3.8, 4) is 0 Å². The predicted octanol–water partition coefficient (Wildman–Crippen LogP) is 3.52. The van der Waals surface area contributed by atoms with Gasteiger partial charge in [-0.1, -0.05) is 48.0 Å². The minimum atomic E-state index is -0.379. The molecule has 0 saturated heterocycles. The second-order valence-corrected chi connectivity index (χ2v) is 6.32. The second-order valence-electron chi connectivity index (χ2n) is 6.32. The largest absolute Gasteiger partial charge is 0.448 e. The van der Waals surface area contributed by atoms with E-state index in [1.807, 2.05) is 56.3 Å². The maximum absolute atomic E-state index is 12.9. The molecule has 0 fully saturated rings. The zero-order valence-corrected chi connectivity index (χ0v) is 14.9. The minimum absolute atomic E-state index is 0.213. The molecule has 0 aliphatic heterocycles. The molecule has 1 heterocycles. The van der Waals surface area contributed by atoms with E-state index >= 15 is 0 Å². The molecule has 3 aromatic rings. The third kappa shape index (κ3) is 3.83. The van der Waals surface area contributed by atoms with Crippen molar-refractivity contribution in [1.82, 2.24) is 9.88 Å². The van der Waals surface area contributed by atoms with Crippen LogP contribution in [-0.4, -0.2) is 34.2 Å². The van der Waals surface area contributed by atoms with E-state index in [9.17, 15) is 9.90 Å². The molecule has 134 valence electrons. The average molecular weight is 350 g/mol. The number of carbonyl (C=O) groups is 1. The molecule has 5 nitrogen and oxygen atoms in total. The molecule has 1 N–H and O–H groups in total. The summed E-state index contributed by atoms with van der Waals surface area (Å²) in [7, 11) is 0. The normalized spacial score (nSPS) is 12.0. The van der Waals surface area contributed by atoms with Crippen LogP contribution in [0, 0.1) is 13.8 Å². The van der Waals surface area contributed by atoms with Crippen LogP contribution in [0.1, 0.15) is 38.9 Å². The first kappa shape index (κ1) is 17.9. The highest BCUT2D eigenvalue weighted by Crippen LogP contribution is 2.26. The van der Waals surface area contributed by atoms with Gasteiger partial charge in [0.05, 0.1) is 12.1 Å². The summed E-state index contributed by atoms with van der Waals surface area (Å²) < 4.78 is 5.51. The lowest BCUT2D eigenvalue weighted by Crippen LogP contribution is -2.36. The highest BCUT2D eigenvalue weighted by atomic mass is 16.3. The van der Waals surface area contributed by atoms with Crippen LogP contribution in [0.5, 0.6) is 0 Å². The molecule has 0 aliphatic carbocycles. The van der Waals surface area contributed by atoms with Gasteiger partial charge in [-0.05, 0) is 31.0 Å². The number of oxazole rings is 1. The third-order valence-electron chi connectivity index (χ3n) is 4.43. The first-order valence-corrected chi connectivity index (χ1v) is 8.52. The summed E-state index contributed by atoms with van der Waals surface area (Å²) in [6.45, 7) is 3.79. The summed E-state index contributed by atoms with van der Waals surface area (Å²) in [6, 6.07) is 15.4. The standard InChI is InChI=1S/C21H22N2O3/c1-15-6-5-8-17(12-15)19(20-22-10-11-26-20)13-23(14-24)21(25)18-9-4-3-7-16(18)2/h3-12,19,24H,13-14H2,1-2H3. The Hall–Kier alpha value is -2.92. The van der Waals surface area contributed by atoms with Gasteiger partial charge in [0.1, 0.15) is 13.0 Å². The lowest BCUT2D eigenvalue weighted by atomic mass is 9.96. The van der Waals surface area contributed by atoms with E-state index in [4.69, 9.17) is 4.42 Å². The number of hydrogen-bond donors (Lipinski definition) is 1. The van der Waals surface area contributed by atoms with Crippen molar-refractivity contribution in [2.45, 2.75) is 19.8 Å². The number of rotatable bonds is 6. The second kappa shape index (κ2) is 7.97. The molecule has 5 heteroatoms. The van der Waals surface area contributed by atoms with Crippen LogP contribution >= 0.6 is 0 Å². The fraction of sp³-hybridized carbons (Fsp3) is 0.238. The lowest BCUT2D eigenvalue weighted by Gasteiger charge is -2.25. The third-order valence-corrected chi connectivity index (χ3v) is 4.43. The Kier molecular flexibility index (Phi) is 5.49. The van der Waals surface area contributed by atoms with Crippen molar-refractivity contribution in [3.05, 3.63) is 89.1 Å². The number of carbonyl (C=O) groups excluding carboxylic acids is 1. The molecule has 0 bridgehead atoms. The fourth-order valence-electron chi connectivity index (χ4n) is 3.03. The molecule has 0 radical (unpaired) electrons. The molecule has 2 aromatic carbocycles. The fourth-order valence-corrected chi connectivity index (χ4v) is 3.03. The molecule has 1 aromatic heterocycles. The molecule has 1 atom stereocenters. The number of benzene rings is 2. The topological polar surface area (TPSA) is 66.6 Å². The molecule has 0 aliphatic rings. The van der Waals surface area contributed by atoms with Crippen LogP contribution < -0.4 is 0 Å². The molecule has 0 spiro atoms. The van der Waals surface area contributed by atoms with Crippen molar-refractivity contribution < 1.29 is 14.3 Å². The van der Waals surface area contributed by atoms with Gasteiger partial charge in [0.25, 0.3) is 5.91 Å². The number of aliphatic hydroxyl groups excluding tert-OH is 1. The van der Waals surface area contributed by atoms with Gasteiger partial charge < -0.3 is 14.4 Å². The lowest BCUT2D eigenvalue weighted by molar-refractivity contribution is 0.0539. The van der Waals surface area contributed by atoms with Crippen molar-refractivity contribution >= 4 is 5.91 Å². The van der Waals surface area contributed by atoms with E-state index in [1.54, 1.807) is 12.3 Å². The summed E-state index contributed by atoms with van der Waals surface area (Å²) >= 11 is 0. The Balaban J connectivity index is 1.92. The summed E-state index contributed by atoms with van der Waals surface area (Å²) in [5.41, 5.74) is 3.56. The van der Waals surface area contributed by atoms with Crippen molar-refractivity contribution in [2.75, 3.05) is 13.3 Å². The van der Waals surface area contributed by atoms with Crippen LogP contribution in [0.25, 0.3) is 0 Å². The summed E-state index contributed by atoms with van der Waals surface area (Å²) in [5, 5.41) is 9.85. The summed E-state index contributed by atoms with van der Waals surface area (Å²) in [5.74, 6) is 0.0476. The SMILES string of the molecule is Cc1cccc(C(CN(CO)C(=O)c2ccccc2C)c2ncco2)c1. The van der Waals surface area contributed by atoms with E-state index in [1.165, 1.54) is 11.2 Å². The Labute approximate surface area is 152 Å². The van der Waals surface area contributed by atoms with Gasteiger partial charge in [0.2, 0.25) is 5.89 Å². The van der Waals surface area contributed by atoms with Crippen molar-refractivity contribution in [1.29, 1.82) is 0 Å². The van der Waals surface area contributed by atoms with Crippen molar-refractivity contribution in [2.24, 2.45) is 0 Å².